The summed E-state index contributed by atoms with van der Waals surface area (Å²) in [6.45, 7) is 3.79. The zero-order chi connectivity index (χ0) is 15.8. The third kappa shape index (κ3) is 5.27. The second kappa shape index (κ2) is 9.13. The Bertz CT molecular complexity index is 460. The average molecular weight is 327 g/mol. The first-order chi connectivity index (χ1) is 10.7. The maximum Gasteiger partial charge on any atom is 0.173 e. The molecule has 122 valence electrons. The van der Waals surface area contributed by atoms with Crippen molar-refractivity contribution < 1.29 is 19.0 Å². The van der Waals surface area contributed by atoms with Crippen molar-refractivity contribution in [1.29, 1.82) is 0 Å². The van der Waals surface area contributed by atoms with Crippen molar-refractivity contribution in [3.05, 3.63) is 29.8 Å². The smallest absolute Gasteiger partial charge is 0.173 e. The number of halogens is 1. The van der Waals surface area contributed by atoms with Crippen LogP contribution in [0.2, 0.25) is 0 Å². The van der Waals surface area contributed by atoms with E-state index in [-0.39, 0.29) is 17.5 Å². The molecule has 0 radical (unpaired) electrons. The van der Waals surface area contributed by atoms with E-state index in [2.05, 4.69) is 0 Å². The van der Waals surface area contributed by atoms with E-state index in [0.717, 1.165) is 30.6 Å². The highest BCUT2D eigenvalue weighted by atomic mass is 35.5. The van der Waals surface area contributed by atoms with Gasteiger partial charge in [0.15, 0.2) is 12.1 Å². The van der Waals surface area contributed by atoms with Crippen molar-refractivity contribution in [2.75, 3.05) is 19.8 Å². The van der Waals surface area contributed by atoms with Crippen LogP contribution in [-0.2, 0) is 9.47 Å². The fraction of sp³-hybridized carbons (Fsp3) is 0.588. The number of carbonyl (C=O) groups is 1. The van der Waals surface area contributed by atoms with Crippen LogP contribution >= 0.6 is 11.6 Å². The number of rotatable bonds is 9. The lowest BCUT2D eigenvalue weighted by Crippen LogP contribution is -2.20. The van der Waals surface area contributed by atoms with Gasteiger partial charge in [-0.2, -0.15) is 0 Å². The SMILES string of the molecule is CCC(=O)c1ccc(OCCCCOC2OCCC2Cl)cc1. The summed E-state index contributed by atoms with van der Waals surface area (Å²) in [5.41, 5.74) is 0.732. The van der Waals surface area contributed by atoms with E-state index in [0.29, 0.717) is 26.2 Å². The molecule has 0 bridgehead atoms. The highest BCUT2D eigenvalue weighted by Gasteiger charge is 2.26. The van der Waals surface area contributed by atoms with Crippen molar-refractivity contribution in [3.8, 4) is 5.75 Å². The summed E-state index contributed by atoms with van der Waals surface area (Å²) in [6, 6.07) is 7.29. The standard InChI is InChI=1S/C17H23ClO4/c1-2-16(19)13-5-7-14(8-6-13)20-10-3-4-11-21-17-15(18)9-12-22-17/h5-8,15,17H,2-4,9-12H2,1H3. The van der Waals surface area contributed by atoms with Gasteiger partial charge in [0.1, 0.15) is 5.75 Å². The normalized spacial score (nSPS) is 21.0. The van der Waals surface area contributed by atoms with Gasteiger partial charge in [0.2, 0.25) is 0 Å². The lowest BCUT2D eigenvalue weighted by molar-refractivity contribution is -0.110. The molecule has 2 unspecified atom stereocenters. The highest BCUT2D eigenvalue weighted by molar-refractivity contribution is 6.21. The second-order valence-corrected chi connectivity index (χ2v) is 5.83. The van der Waals surface area contributed by atoms with Crippen molar-refractivity contribution in [2.45, 2.75) is 44.3 Å². The minimum atomic E-state index is -0.258. The van der Waals surface area contributed by atoms with Crippen molar-refractivity contribution in [3.63, 3.8) is 0 Å². The van der Waals surface area contributed by atoms with Crippen LogP contribution in [0, 0.1) is 0 Å². The van der Waals surface area contributed by atoms with Crippen LogP contribution < -0.4 is 4.74 Å². The maximum absolute atomic E-state index is 11.5. The number of hydrogen-bond donors (Lipinski definition) is 0. The molecule has 1 heterocycles. The molecule has 1 aromatic carbocycles. The molecule has 1 aliphatic rings. The van der Waals surface area contributed by atoms with Gasteiger partial charge in [-0.3, -0.25) is 4.79 Å². The molecule has 0 aromatic heterocycles. The van der Waals surface area contributed by atoms with Gasteiger partial charge in [-0.15, -0.1) is 11.6 Å². The van der Waals surface area contributed by atoms with Crippen molar-refractivity contribution in [2.24, 2.45) is 0 Å². The number of unbranched alkanes of at least 4 members (excludes halogenated alkanes) is 1. The number of ketones is 1. The Morgan fingerprint density at radius 2 is 2.00 bits per heavy atom. The topological polar surface area (TPSA) is 44.8 Å². The number of carbonyl (C=O) groups excluding carboxylic acids is 1. The Kier molecular flexibility index (Phi) is 7.16. The predicted octanol–water partition coefficient (Wildman–Crippen LogP) is 3.81. The molecule has 1 aliphatic heterocycles. The monoisotopic (exact) mass is 326 g/mol. The molecule has 0 saturated carbocycles. The molecule has 2 rings (SSSR count). The number of ether oxygens (including phenoxy) is 3. The van der Waals surface area contributed by atoms with Gasteiger partial charge >= 0.3 is 0 Å². The fourth-order valence-corrected chi connectivity index (χ4v) is 2.46. The molecule has 0 spiro atoms. The third-order valence-electron chi connectivity index (χ3n) is 3.56. The number of hydrogen-bond acceptors (Lipinski definition) is 4. The summed E-state index contributed by atoms with van der Waals surface area (Å²) in [5.74, 6) is 0.934. The molecule has 5 heteroatoms. The zero-order valence-corrected chi connectivity index (χ0v) is 13.7. The molecule has 0 aliphatic carbocycles. The van der Waals surface area contributed by atoms with E-state index in [1.165, 1.54) is 0 Å². The van der Waals surface area contributed by atoms with E-state index >= 15 is 0 Å². The maximum atomic E-state index is 11.5. The second-order valence-electron chi connectivity index (χ2n) is 5.27. The Morgan fingerprint density at radius 1 is 1.27 bits per heavy atom. The van der Waals surface area contributed by atoms with E-state index in [9.17, 15) is 4.79 Å². The van der Waals surface area contributed by atoms with Crippen LogP contribution in [0.5, 0.6) is 5.75 Å². The minimum absolute atomic E-state index is 0.0272. The van der Waals surface area contributed by atoms with Crippen LogP contribution in [0.3, 0.4) is 0 Å². The average Bonchev–Trinajstić information content (AvgIpc) is 2.95. The van der Waals surface area contributed by atoms with Gasteiger partial charge in [-0.1, -0.05) is 6.92 Å². The van der Waals surface area contributed by atoms with Gasteiger partial charge in [-0.05, 0) is 43.5 Å². The zero-order valence-electron chi connectivity index (χ0n) is 12.9. The first-order valence-electron chi connectivity index (χ1n) is 7.84. The molecule has 1 saturated heterocycles. The van der Waals surface area contributed by atoms with E-state index in [4.69, 9.17) is 25.8 Å². The van der Waals surface area contributed by atoms with Crippen molar-refractivity contribution in [1.82, 2.24) is 0 Å². The summed E-state index contributed by atoms with van der Waals surface area (Å²) in [4.78, 5) is 11.5. The number of alkyl halides is 1. The molecule has 2 atom stereocenters. The number of benzene rings is 1. The summed E-state index contributed by atoms with van der Waals surface area (Å²) < 4.78 is 16.6. The van der Waals surface area contributed by atoms with Crippen LogP contribution in [0.4, 0.5) is 0 Å². The minimum Gasteiger partial charge on any atom is -0.494 e. The Balaban J connectivity index is 1.57. The van der Waals surface area contributed by atoms with Crippen LogP contribution in [0.25, 0.3) is 0 Å². The first kappa shape index (κ1) is 17.3. The molecule has 0 N–H and O–H groups in total. The van der Waals surface area contributed by atoms with Gasteiger partial charge in [-0.25, -0.2) is 0 Å². The molecule has 0 amide bonds. The van der Waals surface area contributed by atoms with Gasteiger partial charge < -0.3 is 14.2 Å². The molecule has 1 fully saturated rings. The summed E-state index contributed by atoms with van der Waals surface area (Å²) in [6.07, 6.45) is 2.91. The van der Waals surface area contributed by atoms with E-state index in [1.54, 1.807) is 0 Å². The summed E-state index contributed by atoms with van der Waals surface area (Å²) in [5, 5.41) is -0.0272. The van der Waals surface area contributed by atoms with Crippen LogP contribution in [-0.4, -0.2) is 37.3 Å². The van der Waals surface area contributed by atoms with Crippen LogP contribution in [0.15, 0.2) is 24.3 Å². The van der Waals surface area contributed by atoms with E-state index in [1.807, 2.05) is 31.2 Å². The van der Waals surface area contributed by atoms with Gasteiger partial charge in [0.05, 0.1) is 18.6 Å². The molecular formula is C17H23ClO4. The van der Waals surface area contributed by atoms with Gasteiger partial charge in [0.25, 0.3) is 0 Å². The van der Waals surface area contributed by atoms with E-state index < -0.39 is 0 Å². The first-order valence-corrected chi connectivity index (χ1v) is 8.27. The molecule has 1 aromatic rings. The Hall–Kier alpha value is -1.10. The molecule has 22 heavy (non-hydrogen) atoms. The predicted molar refractivity (Wildman–Crippen MR) is 85.7 cm³/mol. The Morgan fingerprint density at radius 3 is 2.64 bits per heavy atom. The molecule has 4 nitrogen and oxygen atoms in total. The summed E-state index contributed by atoms with van der Waals surface area (Å²) in [7, 11) is 0. The highest BCUT2D eigenvalue weighted by Crippen LogP contribution is 2.20. The third-order valence-corrected chi connectivity index (χ3v) is 3.98. The number of Topliss-reactive ketones (excluding diaryl/α,β-unsaturated/α-hetero) is 1. The lowest BCUT2D eigenvalue weighted by Gasteiger charge is -2.14. The van der Waals surface area contributed by atoms with Gasteiger partial charge in [0, 0.05) is 18.6 Å². The Labute approximate surface area is 136 Å². The lowest BCUT2D eigenvalue weighted by atomic mass is 10.1. The quantitative estimate of drug-likeness (QED) is 0.393. The largest absolute Gasteiger partial charge is 0.494 e. The summed E-state index contributed by atoms with van der Waals surface area (Å²) >= 11 is 6.05. The van der Waals surface area contributed by atoms with Crippen molar-refractivity contribution >= 4 is 17.4 Å². The molecular weight excluding hydrogens is 304 g/mol. The van der Waals surface area contributed by atoms with Crippen LogP contribution in [0.1, 0.15) is 43.0 Å². The fourth-order valence-electron chi connectivity index (χ4n) is 2.22.